The van der Waals surface area contributed by atoms with E-state index in [4.69, 9.17) is 23.6 Å². The Morgan fingerprint density at radius 2 is 1.74 bits per heavy atom. The molecule has 0 bridgehead atoms. The number of aliphatic carboxylic acids is 1. The predicted molar refractivity (Wildman–Crippen MR) is 90.8 cm³/mol. The molecule has 0 aromatic rings. The molecule has 12 heteroatoms. The lowest BCUT2D eigenvalue weighted by atomic mass is 9.94. The highest BCUT2D eigenvalue weighted by atomic mass is 31.2. The molecule has 0 saturated carbocycles. The Labute approximate surface area is 157 Å². The number of carbonyl (C=O) groups is 1. The van der Waals surface area contributed by atoms with Crippen LogP contribution in [0.15, 0.2) is 0 Å². The first kappa shape index (κ1) is 22.7. The van der Waals surface area contributed by atoms with Gasteiger partial charge in [-0.15, -0.1) is 0 Å². The fourth-order valence-electron chi connectivity index (χ4n) is 2.59. The summed E-state index contributed by atoms with van der Waals surface area (Å²) in [5, 5.41) is 41.3. The fraction of sp³-hybridized carbons (Fsp3) is 0.933. The van der Waals surface area contributed by atoms with Crippen molar-refractivity contribution in [2.24, 2.45) is 5.41 Å². The van der Waals surface area contributed by atoms with E-state index in [0.717, 1.165) is 0 Å². The summed E-state index contributed by atoms with van der Waals surface area (Å²) in [6.07, 6.45) is -8.38. The van der Waals surface area contributed by atoms with E-state index in [-0.39, 0.29) is 19.8 Å². The first-order valence-electron chi connectivity index (χ1n) is 8.48. The molecule has 0 aromatic carbocycles. The topological polar surface area (TPSA) is 164 Å². The Hall–Kier alpha value is -0.620. The summed E-state index contributed by atoms with van der Waals surface area (Å²) in [5.41, 5.74) is -1.24. The Bertz CT molecular complexity index is 582. The second-order valence-corrected chi connectivity index (χ2v) is 10.00. The Morgan fingerprint density at radius 3 is 2.22 bits per heavy atom. The second kappa shape index (κ2) is 8.02. The van der Waals surface area contributed by atoms with Crippen molar-refractivity contribution in [3.63, 3.8) is 0 Å². The van der Waals surface area contributed by atoms with Crippen LogP contribution in [0.1, 0.15) is 27.7 Å². The summed E-state index contributed by atoms with van der Waals surface area (Å²) in [7, 11) is -3.46. The molecule has 2 saturated heterocycles. The van der Waals surface area contributed by atoms with Crippen molar-refractivity contribution in [3.05, 3.63) is 0 Å². The van der Waals surface area contributed by atoms with Crippen LogP contribution in [0.4, 0.5) is 0 Å². The van der Waals surface area contributed by atoms with Crippen molar-refractivity contribution in [1.29, 1.82) is 0 Å². The number of nitrogens with one attached hydrogen (secondary N) is 1. The van der Waals surface area contributed by atoms with Gasteiger partial charge in [-0.1, -0.05) is 6.92 Å². The van der Waals surface area contributed by atoms with Crippen LogP contribution in [-0.2, 0) is 27.9 Å². The lowest BCUT2D eigenvalue weighted by Crippen LogP contribution is -2.60. The first-order chi connectivity index (χ1) is 12.3. The summed E-state index contributed by atoms with van der Waals surface area (Å²) >= 11 is 0. The van der Waals surface area contributed by atoms with Gasteiger partial charge in [-0.05, 0) is 20.8 Å². The van der Waals surface area contributed by atoms with Gasteiger partial charge in [-0.2, -0.15) is 0 Å². The average molecular weight is 413 g/mol. The van der Waals surface area contributed by atoms with Crippen LogP contribution in [-0.4, -0.2) is 82.5 Å². The van der Waals surface area contributed by atoms with Gasteiger partial charge in [0.1, 0.15) is 18.3 Å². The van der Waals surface area contributed by atoms with Crippen LogP contribution in [0.2, 0.25) is 0 Å². The number of carboxylic acid groups (broad SMARTS) is 1. The van der Waals surface area contributed by atoms with Crippen LogP contribution in [0.25, 0.3) is 0 Å². The van der Waals surface area contributed by atoms with Crippen molar-refractivity contribution in [1.82, 2.24) is 5.09 Å². The van der Waals surface area contributed by atoms with Crippen molar-refractivity contribution in [2.75, 3.05) is 19.8 Å². The minimum Gasteiger partial charge on any atom is -0.479 e. The lowest BCUT2D eigenvalue weighted by molar-refractivity contribution is -0.300. The van der Waals surface area contributed by atoms with E-state index in [1.54, 1.807) is 6.92 Å². The van der Waals surface area contributed by atoms with E-state index in [1.807, 2.05) is 20.8 Å². The minimum absolute atomic E-state index is 0.0176. The number of hydrogen-bond acceptors (Lipinski definition) is 9. The predicted octanol–water partition coefficient (Wildman–Crippen LogP) is -0.555. The molecule has 0 aliphatic carbocycles. The molecule has 5 atom stereocenters. The molecule has 11 nitrogen and oxygen atoms in total. The largest absolute Gasteiger partial charge is 0.479 e. The Balaban J connectivity index is 1.94. The number of aliphatic hydroxyl groups excluding tert-OH is 3. The molecular weight excluding hydrogens is 385 g/mol. The van der Waals surface area contributed by atoms with E-state index in [2.05, 4.69) is 5.09 Å². The van der Waals surface area contributed by atoms with Crippen molar-refractivity contribution in [3.8, 4) is 0 Å². The molecule has 2 aliphatic rings. The average Bonchev–Trinajstić information content (AvgIpc) is 2.53. The maximum Gasteiger partial charge on any atom is 0.405 e. The molecule has 2 heterocycles. The summed E-state index contributed by atoms with van der Waals surface area (Å²) in [4.78, 5) is 11.1. The van der Waals surface area contributed by atoms with E-state index < -0.39 is 55.4 Å². The second-order valence-electron chi connectivity index (χ2n) is 8.26. The van der Waals surface area contributed by atoms with E-state index in [1.165, 1.54) is 0 Å². The summed E-state index contributed by atoms with van der Waals surface area (Å²) in [5.74, 6) is -1.49. The molecule has 2 rings (SSSR count). The summed E-state index contributed by atoms with van der Waals surface area (Å²) in [6.45, 7) is 7.11. The van der Waals surface area contributed by atoms with Gasteiger partial charge in [-0.25, -0.2) is 14.4 Å². The lowest BCUT2D eigenvalue weighted by Gasteiger charge is -2.42. The zero-order chi connectivity index (χ0) is 20.6. The molecular formula is C15H28NO10P. The number of ether oxygens (including phenoxy) is 2. The number of hydrogen-bond donors (Lipinski definition) is 5. The van der Waals surface area contributed by atoms with Crippen LogP contribution < -0.4 is 5.09 Å². The maximum absolute atomic E-state index is 12.5. The Morgan fingerprint density at radius 1 is 1.19 bits per heavy atom. The molecule has 0 aromatic heterocycles. The molecule has 0 spiro atoms. The number of aliphatic hydroxyl groups is 3. The van der Waals surface area contributed by atoms with Gasteiger partial charge >= 0.3 is 13.7 Å². The van der Waals surface area contributed by atoms with E-state index in [9.17, 15) is 24.7 Å². The fourth-order valence-corrected chi connectivity index (χ4v) is 4.58. The smallest absolute Gasteiger partial charge is 0.405 e. The van der Waals surface area contributed by atoms with Crippen LogP contribution >= 0.6 is 7.75 Å². The highest BCUT2D eigenvalue weighted by Crippen LogP contribution is 2.51. The highest BCUT2D eigenvalue weighted by Gasteiger charge is 2.49. The zero-order valence-electron chi connectivity index (χ0n) is 15.7. The normalized spacial score (nSPS) is 43.4. The first-order valence-corrected chi connectivity index (χ1v) is 10.0. The Kier molecular flexibility index (Phi) is 6.73. The molecule has 0 radical (unpaired) electrons. The SMILES string of the molecule is CC1(CO[C@@H]2O[C@H](C(=O)O)[C@@H](O)[C@H](O)[C@H]2O)COP(=O)(NC(C)(C)C)OC1. The van der Waals surface area contributed by atoms with Crippen LogP contribution in [0.5, 0.6) is 0 Å². The molecule has 27 heavy (non-hydrogen) atoms. The quantitative estimate of drug-likeness (QED) is 0.367. The molecule has 5 N–H and O–H groups in total. The summed E-state index contributed by atoms with van der Waals surface area (Å²) < 4.78 is 33.7. The van der Waals surface area contributed by atoms with Gasteiger partial charge in [-0.3, -0.25) is 9.05 Å². The molecule has 2 aliphatic heterocycles. The third-order valence-electron chi connectivity index (χ3n) is 4.05. The molecule has 0 unspecified atom stereocenters. The minimum atomic E-state index is -3.46. The van der Waals surface area contributed by atoms with Gasteiger partial charge in [0.15, 0.2) is 12.4 Å². The highest BCUT2D eigenvalue weighted by molar-refractivity contribution is 7.51. The third kappa shape index (κ3) is 5.69. The zero-order valence-corrected chi connectivity index (χ0v) is 16.6. The molecule has 158 valence electrons. The maximum atomic E-state index is 12.5. The number of rotatable bonds is 5. The monoisotopic (exact) mass is 413 g/mol. The van der Waals surface area contributed by atoms with Crippen LogP contribution in [0, 0.1) is 5.41 Å². The van der Waals surface area contributed by atoms with Crippen LogP contribution in [0.3, 0.4) is 0 Å². The van der Waals surface area contributed by atoms with Crippen molar-refractivity contribution < 1.29 is 48.3 Å². The number of carboxylic acids is 1. The van der Waals surface area contributed by atoms with Crippen molar-refractivity contribution >= 4 is 13.7 Å². The molecule has 2 fully saturated rings. The standard InChI is InChI=1S/C15H28NO10P/c1-14(2,3)16-27(22)24-6-15(4,7-25-27)5-23-13-10(19)8(17)9(18)11(26-13)12(20)21/h8-11,13,17-19H,5-7H2,1-4H3,(H,16,22)(H,20,21)/t8-,9-,10+,11-,13+,15?,27?/m0/s1. The van der Waals surface area contributed by atoms with Crippen molar-refractivity contribution in [2.45, 2.75) is 63.9 Å². The van der Waals surface area contributed by atoms with Gasteiger partial charge < -0.3 is 29.9 Å². The van der Waals surface area contributed by atoms with Gasteiger partial charge in [0.2, 0.25) is 0 Å². The third-order valence-corrected chi connectivity index (χ3v) is 5.93. The van der Waals surface area contributed by atoms with Gasteiger partial charge in [0.05, 0.1) is 19.8 Å². The molecule has 0 amide bonds. The van der Waals surface area contributed by atoms with E-state index >= 15 is 0 Å². The van der Waals surface area contributed by atoms with Gasteiger partial charge in [0.25, 0.3) is 0 Å². The summed E-state index contributed by atoms with van der Waals surface area (Å²) in [6, 6.07) is 0. The van der Waals surface area contributed by atoms with E-state index in [0.29, 0.717) is 0 Å². The van der Waals surface area contributed by atoms with Gasteiger partial charge in [0, 0.05) is 11.0 Å².